The Balaban J connectivity index is 1.76. The standard InChI is InChI=1S/C24H18ClF7N8O2/c1-11-6-12(2)18(14(7-11)19(33)41)36-21(42)16-8-13(37-40(16)20-15(25)4-3-5-34-20)10-39-35-9-17(38-39)22(26,23(27,28)29)24(30,31)32/h3-9H,10H2,1-2H3,(H2,33,41)(H,36,42). The molecule has 0 aliphatic carbocycles. The van der Waals surface area contributed by atoms with E-state index >= 15 is 0 Å². The molecule has 2 amide bonds. The van der Waals surface area contributed by atoms with Gasteiger partial charge in [-0.3, -0.25) is 9.59 Å². The molecule has 10 nitrogen and oxygen atoms in total. The number of rotatable bonds is 7. The fraction of sp³-hybridized carbons (Fsp3) is 0.250. The maximum atomic E-state index is 14.4. The van der Waals surface area contributed by atoms with Crippen molar-refractivity contribution < 1.29 is 40.3 Å². The molecule has 0 unspecified atom stereocenters. The lowest BCUT2D eigenvalue weighted by Crippen LogP contribution is -2.50. The van der Waals surface area contributed by atoms with E-state index in [1.807, 2.05) is 0 Å². The average Bonchev–Trinajstić information content (AvgIpc) is 3.51. The van der Waals surface area contributed by atoms with Crippen LogP contribution in [0.25, 0.3) is 5.82 Å². The average molecular weight is 619 g/mol. The lowest BCUT2D eigenvalue weighted by Gasteiger charge is -2.27. The molecule has 3 aromatic heterocycles. The van der Waals surface area contributed by atoms with Gasteiger partial charge in [-0.2, -0.15) is 46.4 Å². The lowest BCUT2D eigenvalue weighted by molar-refractivity contribution is -0.350. The van der Waals surface area contributed by atoms with E-state index in [0.29, 0.717) is 15.9 Å². The van der Waals surface area contributed by atoms with E-state index in [-0.39, 0.29) is 39.7 Å². The van der Waals surface area contributed by atoms with E-state index < -0.39 is 42.1 Å². The third-order valence-electron chi connectivity index (χ3n) is 5.89. The number of aromatic nitrogens is 6. The monoisotopic (exact) mass is 618 g/mol. The van der Waals surface area contributed by atoms with Crippen LogP contribution in [0, 0.1) is 13.8 Å². The minimum atomic E-state index is -6.38. The number of primary amides is 1. The number of hydrogen-bond donors (Lipinski definition) is 2. The van der Waals surface area contributed by atoms with E-state index in [4.69, 9.17) is 17.3 Å². The maximum Gasteiger partial charge on any atom is 0.437 e. The summed E-state index contributed by atoms with van der Waals surface area (Å²) in [4.78, 5) is 29.8. The van der Waals surface area contributed by atoms with Crippen LogP contribution < -0.4 is 11.1 Å². The highest BCUT2D eigenvalue weighted by Crippen LogP contribution is 2.52. The summed E-state index contributed by atoms with van der Waals surface area (Å²) in [7, 11) is 0. The van der Waals surface area contributed by atoms with Crippen LogP contribution in [-0.2, 0) is 12.2 Å². The quantitative estimate of drug-likeness (QED) is 0.285. The van der Waals surface area contributed by atoms with Gasteiger partial charge >= 0.3 is 18.0 Å². The molecular weight excluding hydrogens is 601 g/mol. The zero-order chi connectivity index (χ0) is 31.2. The van der Waals surface area contributed by atoms with Crippen molar-refractivity contribution >= 4 is 29.1 Å². The maximum absolute atomic E-state index is 14.4. The molecular formula is C24H18ClF7N8O2. The summed E-state index contributed by atoms with van der Waals surface area (Å²) in [5.41, 5.74) is -1.54. The summed E-state index contributed by atoms with van der Waals surface area (Å²) in [6.45, 7) is 2.63. The third-order valence-corrected chi connectivity index (χ3v) is 6.19. The first-order valence-electron chi connectivity index (χ1n) is 11.6. The van der Waals surface area contributed by atoms with Crippen LogP contribution in [0.3, 0.4) is 0 Å². The van der Waals surface area contributed by atoms with Crippen LogP contribution in [0.1, 0.15) is 43.4 Å². The number of nitrogens with two attached hydrogens (primary N) is 1. The predicted molar refractivity (Wildman–Crippen MR) is 133 cm³/mol. The Kier molecular flexibility index (Phi) is 7.75. The molecule has 3 N–H and O–H groups in total. The van der Waals surface area contributed by atoms with Crippen molar-refractivity contribution in [1.82, 2.24) is 29.8 Å². The third kappa shape index (κ3) is 5.50. The van der Waals surface area contributed by atoms with Crippen molar-refractivity contribution in [1.29, 1.82) is 0 Å². The van der Waals surface area contributed by atoms with Gasteiger partial charge in [-0.1, -0.05) is 17.7 Å². The molecule has 0 aliphatic heterocycles. The SMILES string of the molecule is Cc1cc(C)c(NC(=O)c2cc(Cn3ncc(C(F)(C(F)(F)F)C(F)(F)F)n3)nn2-c2ncccc2Cl)c(C(N)=O)c1. The number of carbonyl (C=O) groups excluding carboxylic acids is 2. The predicted octanol–water partition coefficient (Wildman–Crippen LogP) is 4.82. The molecule has 18 heteroatoms. The molecule has 0 fully saturated rings. The van der Waals surface area contributed by atoms with E-state index in [0.717, 1.165) is 10.7 Å². The molecule has 0 radical (unpaired) electrons. The van der Waals surface area contributed by atoms with Crippen LogP contribution in [0.15, 0.2) is 42.7 Å². The zero-order valence-corrected chi connectivity index (χ0v) is 22.1. The Bertz CT molecular complexity index is 1670. The Morgan fingerprint density at radius 1 is 1.02 bits per heavy atom. The lowest BCUT2D eigenvalue weighted by atomic mass is 10.0. The summed E-state index contributed by atoms with van der Waals surface area (Å²) in [6.07, 6.45) is -11.5. The van der Waals surface area contributed by atoms with E-state index in [9.17, 15) is 40.3 Å². The first-order chi connectivity index (χ1) is 19.4. The number of carbonyl (C=O) groups is 2. The molecule has 4 aromatic rings. The van der Waals surface area contributed by atoms with Crippen molar-refractivity contribution in [2.75, 3.05) is 5.32 Å². The molecule has 42 heavy (non-hydrogen) atoms. The van der Waals surface area contributed by atoms with Gasteiger partial charge in [0.2, 0.25) is 0 Å². The molecule has 4 rings (SSSR count). The van der Waals surface area contributed by atoms with Gasteiger partial charge in [0.25, 0.3) is 11.8 Å². The molecule has 222 valence electrons. The van der Waals surface area contributed by atoms with Crippen LogP contribution in [0.5, 0.6) is 0 Å². The number of nitrogens with one attached hydrogen (secondary N) is 1. The van der Waals surface area contributed by atoms with Gasteiger partial charge < -0.3 is 11.1 Å². The van der Waals surface area contributed by atoms with Crippen LogP contribution in [0.2, 0.25) is 5.02 Å². The van der Waals surface area contributed by atoms with Gasteiger partial charge in [0, 0.05) is 6.20 Å². The molecule has 0 saturated heterocycles. The minimum absolute atomic E-state index is 0.000290. The van der Waals surface area contributed by atoms with Crippen molar-refractivity contribution in [2.45, 2.75) is 38.4 Å². The van der Waals surface area contributed by atoms with Crippen LogP contribution in [0.4, 0.5) is 36.4 Å². The normalized spacial score (nSPS) is 12.4. The summed E-state index contributed by atoms with van der Waals surface area (Å²) in [6, 6.07) is 7.13. The number of benzene rings is 1. The second-order valence-corrected chi connectivity index (χ2v) is 9.39. The number of anilines is 1. The topological polar surface area (TPSA) is 134 Å². The van der Waals surface area contributed by atoms with Crippen molar-refractivity contribution in [2.24, 2.45) is 5.73 Å². The number of amides is 2. The number of halogens is 8. The molecule has 3 heterocycles. The number of aryl methyl sites for hydroxylation is 2. The van der Waals surface area contributed by atoms with E-state index in [1.165, 1.54) is 24.4 Å². The number of pyridine rings is 1. The second-order valence-electron chi connectivity index (χ2n) is 8.98. The van der Waals surface area contributed by atoms with Gasteiger partial charge in [-0.25, -0.2) is 14.1 Å². The minimum Gasteiger partial charge on any atom is -0.366 e. The van der Waals surface area contributed by atoms with E-state index in [2.05, 4.69) is 25.6 Å². The fourth-order valence-corrected chi connectivity index (χ4v) is 4.20. The van der Waals surface area contributed by atoms with Crippen molar-refractivity contribution in [3.63, 3.8) is 0 Å². The highest BCUT2D eigenvalue weighted by molar-refractivity contribution is 6.32. The van der Waals surface area contributed by atoms with Crippen LogP contribution >= 0.6 is 11.6 Å². The second kappa shape index (κ2) is 10.7. The van der Waals surface area contributed by atoms with Crippen LogP contribution in [-0.4, -0.2) is 53.9 Å². The summed E-state index contributed by atoms with van der Waals surface area (Å²) in [5, 5.41) is 13.1. The van der Waals surface area contributed by atoms with Gasteiger partial charge in [0.1, 0.15) is 17.9 Å². The van der Waals surface area contributed by atoms with E-state index in [1.54, 1.807) is 19.9 Å². The van der Waals surface area contributed by atoms with Gasteiger partial charge in [-0.05, 0) is 49.2 Å². The number of alkyl halides is 7. The molecule has 0 atom stereocenters. The summed E-state index contributed by atoms with van der Waals surface area (Å²) >= 11 is 6.21. The Labute approximate surface area is 236 Å². The van der Waals surface area contributed by atoms with Crippen molar-refractivity contribution in [3.05, 3.63) is 81.5 Å². The molecule has 0 bridgehead atoms. The Morgan fingerprint density at radius 2 is 1.69 bits per heavy atom. The molecule has 0 saturated carbocycles. The first kappa shape index (κ1) is 30.4. The largest absolute Gasteiger partial charge is 0.437 e. The smallest absolute Gasteiger partial charge is 0.366 e. The van der Waals surface area contributed by atoms with Gasteiger partial charge in [-0.15, -0.1) is 0 Å². The fourth-order valence-electron chi connectivity index (χ4n) is 4.00. The molecule has 0 aliphatic rings. The zero-order valence-electron chi connectivity index (χ0n) is 21.3. The van der Waals surface area contributed by atoms with Gasteiger partial charge in [0.15, 0.2) is 5.82 Å². The highest BCUT2D eigenvalue weighted by atomic mass is 35.5. The summed E-state index contributed by atoms with van der Waals surface area (Å²) in [5.74, 6) is -1.77. The summed E-state index contributed by atoms with van der Waals surface area (Å²) < 4.78 is 94.1. The number of hydrogen-bond acceptors (Lipinski definition) is 6. The molecule has 1 aromatic carbocycles. The van der Waals surface area contributed by atoms with Gasteiger partial charge in [0.05, 0.1) is 28.2 Å². The Morgan fingerprint density at radius 3 is 2.29 bits per heavy atom. The highest BCUT2D eigenvalue weighted by Gasteiger charge is 2.75. The van der Waals surface area contributed by atoms with Crippen molar-refractivity contribution in [3.8, 4) is 5.82 Å². The Hall–Kier alpha value is -4.54. The molecule has 0 spiro atoms. The number of nitrogens with zero attached hydrogens (tertiary/aromatic N) is 6. The first-order valence-corrected chi connectivity index (χ1v) is 12.0.